The summed E-state index contributed by atoms with van der Waals surface area (Å²) in [5, 5.41) is 0. The van der Waals surface area contributed by atoms with Crippen LogP contribution in [0.1, 0.15) is 6.42 Å². The molecular weight excluding hydrogens is 214 g/mol. The normalized spacial score (nSPS) is 19.6. The van der Waals surface area contributed by atoms with Crippen LogP contribution in [0, 0.1) is 5.92 Å². The highest BCUT2D eigenvalue weighted by atomic mass is 16.5. The van der Waals surface area contributed by atoms with E-state index in [2.05, 4.69) is 14.5 Å². The van der Waals surface area contributed by atoms with Crippen LogP contribution in [0.25, 0.3) is 11.4 Å². The Morgan fingerprint density at radius 3 is 3.18 bits per heavy atom. The number of hydrogen-bond acceptors (Lipinski definition) is 3. The third kappa shape index (κ3) is 2.22. The molecule has 0 saturated carbocycles. The Morgan fingerprint density at radius 1 is 1.41 bits per heavy atom. The van der Waals surface area contributed by atoms with Crippen LogP contribution in [0.3, 0.4) is 0 Å². The van der Waals surface area contributed by atoms with E-state index < -0.39 is 0 Å². The molecule has 88 valence electrons. The molecule has 0 bridgehead atoms. The smallest absolute Gasteiger partial charge is 0.141 e. The van der Waals surface area contributed by atoms with E-state index in [9.17, 15) is 0 Å². The van der Waals surface area contributed by atoms with Crippen LogP contribution in [0.5, 0.6) is 0 Å². The lowest BCUT2D eigenvalue weighted by Crippen LogP contribution is -2.11. The molecule has 3 heterocycles. The van der Waals surface area contributed by atoms with Crippen molar-refractivity contribution in [3.8, 4) is 11.4 Å². The summed E-state index contributed by atoms with van der Waals surface area (Å²) in [4.78, 5) is 8.55. The van der Waals surface area contributed by atoms with E-state index in [1.165, 1.54) is 0 Å². The lowest BCUT2D eigenvalue weighted by Gasteiger charge is -2.11. The van der Waals surface area contributed by atoms with Gasteiger partial charge in [0.1, 0.15) is 5.82 Å². The van der Waals surface area contributed by atoms with Crippen LogP contribution in [-0.4, -0.2) is 27.7 Å². The van der Waals surface area contributed by atoms with Gasteiger partial charge in [-0.2, -0.15) is 0 Å². The first-order valence-corrected chi connectivity index (χ1v) is 5.93. The van der Waals surface area contributed by atoms with Crippen molar-refractivity contribution in [2.24, 2.45) is 5.92 Å². The predicted octanol–water partition coefficient (Wildman–Crippen LogP) is 1.98. The van der Waals surface area contributed by atoms with Crippen molar-refractivity contribution in [3.05, 3.63) is 36.9 Å². The van der Waals surface area contributed by atoms with Gasteiger partial charge >= 0.3 is 0 Å². The minimum atomic E-state index is 0.611. The van der Waals surface area contributed by atoms with Gasteiger partial charge in [-0.3, -0.25) is 4.98 Å². The molecule has 1 aliphatic rings. The summed E-state index contributed by atoms with van der Waals surface area (Å²) in [5.74, 6) is 1.60. The standard InChI is InChI=1S/C13H15N3O/c1-2-12(8-14-4-1)13-15-5-6-16(13)9-11-3-7-17-10-11/h1-2,4-6,8,11H,3,7,9-10H2. The molecule has 0 N–H and O–H groups in total. The topological polar surface area (TPSA) is 39.9 Å². The van der Waals surface area contributed by atoms with Gasteiger partial charge in [0.2, 0.25) is 0 Å². The Balaban J connectivity index is 1.84. The van der Waals surface area contributed by atoms with E-state index >= 15 is 0 Å². The van der Waals surface area contributed by atoms with Crippen LogP contribution >= 0.6 is 0 Å². The van der Waals surface area contributed by atoms with Gasteiger partial charge in [-0.15, -0.1) is 0 Å². The molecule has 1 unspecified atom stereocenters. The third-order valence-corrected chi connectivity index (χ3v) is 3.11. The monoisotopic (exact) mass is 229 g/mol. The molecule has 1 atom stereocenters. The number of hydrogen-bond donors (Lipinski definition) is 0. The van der Waals surface area contributed by atoms with Gasteiger partial charge < -0.3 is 9.30 Å². The Bertz CT molecular complexity index is 474. The molecule has 1 saturated heterocycles. The maximum atomic E-state index is 5.41. The van der Waals surface area contributed by atoms with Crippen molar-refractivity contribution < 1.29 is 4.74 Å². The van der Waals surface area contributed by atoms with E-state index in [4.69, 9.17) is 4.74 Å². The fourth-order valence-corrected chi connectivity index (χ4v) is 2.22. The zero-order valence-corrected chi connectivity index (χ0v) is 9.62. The number of imidazole rings is 1. The van der Waals surface area contributed by atoms with Crippen LogP contribution in [-0.2, 0) is 11.3 Å². The highest BCUT2D eigenvalue weighted by Gasteiger charge is 2.17. The van der Waals surface area contributed by atoms with Gasteiger partial charge in [0.15, 0.2) is 0 Å². The predicted molar refractivity (Wildman–Crippen MR) is 64.4 cm³/mol. The number of ether oxygens (including phenoxy) is 1. The van der Waals surface area contributed by atoms with Crippen molar-refractivity contribution in [2.45, 2.75) is 13.0 Å². The van der Waals surface area contributed by atoms with Gasteiger partial charge in [0, 0.05) is 49.4 Å². The molecule has 3 rings (SSSR count). The maximum absolute atomic E-state index is 5.41. The molecule has 4 nitrogen and oxygen atoms in total. The Kier molecular flexibility index (Phi) is 2.88. The van der Waals surface area contributed by atoms with E-state index in [1.807, 2.05) is 30.7 Å². The van der Waals surface area contributed by atoms with Crippen molar-refractivity contribution in [1.82, 2.24) is 14.5 Å². The average molecular weight is 229 g/mol. The molecule has 0 aliphatic carbocycles. The summed E-state index contributed by atoms with van der Waals surface area (Å²) >= 11 is 0. The largest absolute Gasteiger partial charge is 0.381 e. The van der Waals surface area contributed by atoms with E-state index in [1.54, 1.807) is 6.20 Å². The third-order valence-electron chi connectivity index (χ3n) is 3.11. The Morgan fingerprint density at radius 2 is 2.41 bits per heavy atom. The quantitative estimate of drug-likeness (QED) is 0.808. The fraction of sp³-hybridized carbons (Fsp3) is 0.385. The lowest BCUT2D eigenvalue weighted by molar-refractivity contribution is 0.182. The summed E-state index contributed by atoms with van der Waals surface area (Å²) in [7, 11) is 0. The van der Waals surface area contributed by atoms with Crippen LogP contribution in [0.15, 0.2) is 36.9 Å². The van der Waals surface area contributed by atoms with Gasteiger partial charge in [-0.25, -0.2) is 4.98 Å². The molecule has 4 heteroatoms. The van der Waals surface area contributed by atoms with Gasteiger partial charge in [-0.05, 0) is 18.6 Å². The first kappa shape index (κ1) is 10.5. The zero-order chi connectivity index (χ0) is 11.5. The molecule has 2 aromatic rings. The van der Waals surface area contributed by atoms with Crippen LogP contribution in [0.2, 0.25) is 0 Å². The molecule has 0 aromatic carbocycles. The highest BCUT2D eigenvalue weighted by Crippen LogP contribution is 2.20. The van der Waals surface area contributed by atoms with Crippen molar-refractivity contribution in [1.29, 1.82) is 0 Å². The average Bonchev–Trinajstić information content (AvgIpc) is 3.02. The molecule has 2 aromatic heterocycles. The van der Waals surface area contributed by atoms with E-state index in [0.717, 1.165) is 37.6 Å². The van der Waals surface area contributed by atoms with E-state index in [-0.39, 0.29) is 0 Å². The summed E-state index contributed by atoms with van der Waals surface area (Å²) in [5.41, 5.74) is 1.07. The summed E-state index contributed by atoms with van der Waals surface area (Å²) in [6, 6.07) is 3.98. The second kappa shape index (κ2) is 4.67. The molecule has 0 spiro atoms. The maximum Gasteiger partial charge on any atom is 0.141 e. The molecule has 0 amide bonds. The number of aromatic nitrogens is 3. The van der Waals surface area contributed by atoms with E-state index in [0.29, 0.717) is 5.92 Å². The zero-order valence-electron chi connectivity index (χ0n) is 9.62. The number of rotatable bonds is 3. The molecule has 1 fully saturated rings. The summed E-state index contributed by atoms with van der Waals surface area (Å²) in [6.07, 6.45) is 8.65. The first-order chi connectivity index (χ1) is 8.43. The minimum absolute atomic E-state index is 0.611. The van der Waals surface area contributed by atoms with Gasteiger partial charge in [0.25, 0.3) is 0 Å². The number of nitrogens with zero attached hydrogens (tertiary/aromatic N) is 3. The van der Waals surface area contributed by atoms with Crippen molar-refractivity contribution >= 4 is 0 Å². The molecular formula is C13H15N3O. The Hall–Kier alpha value is -1.68. The fourth-order valence-electron chi connectivity index (χ4n) is 2.22. The molecule has 1 aliphatic heterocycles. The SMILES string of the molecule is c1cncc(-c2nccn2CC2CCOC2)c1. The van der Waals surface area contributed by atoms with Gasteiger partial charge in [0.05, 0.1) is 6.61 Å². The van der Waals surface area contributed by atoms with Crippen LogP contribution < -0.4 is 0 Å². The minimum Gasteiger partial charge on any atom is -0.381 e. The van der Waals surface area contributed by atoms with Crippen LogP contribution in [0.4, 0.5) is 0 Å². The first-order valence-electron chi connectivity index (χ1n) is 5.93. The number of pyridine rings is 1. The second-order valence-corrected chi connectivity index (χ2v) is 4.37. The van der Waals surface area contributed by atoms with Gasteiger partial charge in [-0.1, -0.05) is 0 Å². The molecule has 17 heavy (non-hydrogen) atoms. The van der Waals surface area contributed by atoms with Crippen molar-refractivity contribution in [2.75, 3.05) is 13.2 Å². The molecule has 0 radical (unpaired) electrons. The van der Waals surface area contributed by atoms with Crippen molar-refractivity contribution in [3.63, 3.8) is 0 Å². The summed E-state index contributed by atoms with van der Waals surface area (Å²) in [6.45, 7) is 2.73. The lowest BCUT2D eigenvalue weighted by atomic mass is 10.1. The highest BCUT2D eigenvalue weighted by molar-refractivity contribution is 5.53. The second-order valence-electron chi connectivity index (χ2n) is 4.37. The Labute approximate surface area is 100 Å². The summed E-state index contributed by atoms with van der Waals surface area (Å²) < 4.78 is 7.60.